The molecule has 0 saturated carbocycles. The normalized spacial score (nSPS) is 21.3. The molecule has 2 N–H and O–H groups in total. The van der Waals surface area contributed by atoms with Crippen molar-refractivity contribution in [1.82, 2.24) is 5.32 Å². The minimum Gasteiger partial charge on any atom is -0.391 e. The highest BCUT2D eigenvalue weighted by atomic mass is 16.3. The third kappa shape index (κ3) is 3.24. The van der Waals surface area contributed by atoms with Gasteiger partial charge in [0.15, 0.2) is 0 Å². The summed E-state index contributed by atoms with van der Waals surface area (Å²) in [5.41, 5.74) is 2.55. The highest BCUT2D eigenvalue weighted by Crippen LogP contribution is 2.22. The number of aliphatic hydroxyl groups is 1. The largest absolute Gasteiger partial charge is 0.391 e. The van der Waals surface area contributed by atoms with Crippen molar-refractivity contribution in [2.45, 2.75) is 38.8 Å². The first-order chi connectivity index (χ1) is 8.70. The molecule has 1 heterocycles. The molecule has 0 aliphatic carbocycles. The molecular formula is C15H24N2O. The average Bonchev–Trinajstić information content (AvgIpc) is 2.83. The lowest BCUT2D eigenvalue weighted by Gasteiger charge is -2.19. The second-order valence-corrected chi connectivity index (χ2v) is 5.16. The molecule has 2 atom stereocenters. The summed E-state index contributed by atoms with van der Waals surface area (Å²) in [7, 11) is 0. The minimum absolute atomic E-state index is 0.158. The van der Waals surface area contributed by atoms with E-state index < -0.39 is 0 Å². The predicted octanol–water partition coefficient (Wildman–Crippen LogP) is 2.32. The summed E-state index contributed by atoms with van der Waals surface area (Å²) in [6.07, 6.45) is 1.89. The molecule has 18 heavy (non-hydrogen) atoms. The van der Waals surface area contributed by atoms with Crippen LogP contribution in [0.3, 0.4) is 0 Å². The van der Waals surface area contributed by atoms with Crippen LogP contribution >= 0.6 is 0 Å². The molecule has 3 nitrogen and oxygen atoms in total. The van der Waals surface area contributed by atoms with Crippen molar-refractivity contribution in [1.29, 1.82) is 0 Å². The quantitative estimate of drug-likeness (QED) is 0.839. The zero-order chi connectivity index (χ0) is 13.0. The Morgan fingerprint density at radius 1 is 1.39 bits per heavy atom. The van der Waals surface area contributed by atoms with Gasteiger partial charge in [-0.05, 0) is 44.0 Å². The number of nitrogens with zero attached hydrogens (tertiary/aromatic N) is 1. The first-order valence-electron chi connectivity index (χ1n) is 6.97. The average molecular weight is 248 g/mol. The van der Waals surface area contributed by atoms with Gasteiger partial charge in [-0.2, -0.15) is 0 Å². The fourth-order valence-corrected chi connectivity index (χ4v) is 2.43. The third-order valence-corrected chi connectivity index (χ3v) is 3.62. The Kier molecular flexibility index (Phi) is 4.61. The molecule has 3 heteroatoms. The molecule has 1 aromatic carbocycles. The van der Waals surface area contributed by atoms with E-state index in [1.54, 1.807) is 0 Å². The smallest absolute Gasteiger partial charge is 0.0731 e. The Balaban J connectivity index is 1.96. The topological polar surface area (TPSA) is 35.5 Å². The SMILES string of the molecule is CCCNC(C)c1ccc(N2CCC(O)C2)cc1. The lowest BCUT2D eigenvalue weighted by Crippen LogP contribution is -2.21. The van der Waals surface area contributed by atoms with Crippen LogP contribution in [0.4, 0.5) is 5.69 Å². The van der Waals surface area contributed by atoms with E-state index in [0.717, 1.165) is 32.5 Å². The van der Waals surface area contributed by atoms with Crippen LogP contribution in [-0.2, 0) is 0 Å². The van der Waals surface area contributed by atoms with Crippen LogP contribution in [-0.4, -0.2) is 30.8 Å². The molecule has 2 rings (SSSR count). The monoisotopic (exact) mass is 248 g/mol. The summed E-state index contributed by atoms with van der Waals surface area (Å²) in [6.45, 7) is 7.17. The molecule has 1 fully saturated rings. The van der Waals surface area contributed by atoms with Gasteiger partial charge in [0, 0.05) is 24.8 Å². The van der Waals surface area contributed by atoms with Gasteiger partial charge in [-0.15, -0.1) is 0 Å². The van der Waals surface area contributed by atoms with Gasteiger partial charge >= 0.3 is 0 Å². The fraction of sp³-hybridized carbons (Fsp3) is 0.600. The number of β-amino-alcohol motifs (C(OH)–C–C–N with tert-alkyl or cyclic N) is 1. The lowest BCUT2D eigenvalue weighted by atomic mass is 10.1. The second-order valence-electron chi connectivity index (χ2n) is 5.16. The molecule has 1 aliphatic heterocycles. The van der Waals surface area contributed by atoms with Gasteiger partial charge < -0.3 is 15.3 Å². The van der Waals surface area contributed by atoms with Crippen molar-refractivity contribution >= 4 is 5.69 Å². The Hall–Kier alpha value is -1.06. The van der Waals surface area contributed by atoms with E-state index in [2.05, 4.69) is 48.3 Å². The molecule has 0 spiro atoms. The summed E-state index contributed by atoms with van der Waals surface area (Å²) in [4.78, 5) is 2.25. The summed E-state index contributed by atoms with van der Waals surface area (Å²) >= 11 is 0. The zero-order valence-corrected chi connectivity index (χ0v) is 11.4. The van der Waals surface area contributed by atoms with Gasteiger partial charge in [0.2, 0.25) is 0 Å². The molecule has 1 aliphatic rings. The van der Waals surface area contributed by atoms with Gasteiger partial charge in [0.25, 0.3) is 0 Å². The maximum atomic E-state index is 9.55. The molecule has 1 aromatic rings. The van der Waals surface area contributed by atoms with E-state index in [-0.39, 0.29) is 6.10 Å². The van der Waals surface area contributed by atoms with E-state index in [4.69, 9.17) is 0 Å². The van der Waals surface area contributed by atoms with Crippen molar-refractivity contribution < 1.29 is 5.11 Å². The van der Waals surface area contributed by atoms with Gasteiger partial charge in [-0.3, -0.25) is 0 Å². The van der Waals surface area contributed by atoms with E-state index in [0.29, 0.717) is 6.04 Å². The number of hydrogen-bond donors (Lipinski definition) is 2. The standard InChI is InChI=1S/C15H24N2O/c1-3-9-16-12(2)13-4-6-14(7-5-13)17-10-8-15(18)11-17/h4-7,12,15-16,18H,3,8-11H2,1-2H3. The Bertz CT molecular complexity index is 363. The van der Waals surface area contributed by atoms with E-state index in [9.17, 15) is 5.11 Å². The van der Waals surface area contributed by atoms with Crippen molar-refractivity contribution in [3.63, 3.8) is 0 Å². The number of anilines is 1. The second kappa shape index (κ2) is 6.21. The molecule has 2 unspecified atom stereocenters. The summed E-state index contributed by atoms with van der Waals surface area (Å²) in [6, 6.07) is 9.11. The summed E-state index contributed by atoms with van der Waals surface area (Å²) in [5, 5.41) is 13.0. The first kappa shape index (κ1) is 13.4. The van der Waals surface area contributed by atoms with Crippen LogP contribution in [0.2, 0.25) is 0 Å². The van der Waals surface area contributed by atoms with Gasteiger partial charge in [-0.25, -0.2) is 0 Å². The third-order valence-electron chi connectivity index (χ3n) is 3.62. The molecular weight excluding hydrogens is 224 g/mol. The fourth-order valence-electron chi connectivity index (χ4n) is 2.43. The van der Waals surface area contributed by atoms with Crippen LogP contribution in [0.1, 0.15) is 38.3 Å². The Morgan fingerprint density at radius 2 is 2.11 bits per heavy atom. The minimum atomic E-state index is -0.158. The summed E-state index contributed by atoms with van der Waals surface area (Å²) in [5.74, 6) is 0. The van der Waals surface area contributed by atoms with Crippen LogP contribution in [0, 0.1) is 0 Å². The Labute approximate surface area is 110 Å². The summed E-state index contributed by atoms with van der Waals surface area (Å²) < 4.78 is 0. The van der Waals surface area contributed by atoms with Gasteiger partial charge in [0.05, 0.1) is 6.10 Å². The predicted molar refractivity (Wildman–Crippen MR) is 76.0 cm³/mol. The van der Waals surface area contributed by atoms with Crippen LogP contribution in [0.15, 0.2) is 24.3 Å². The number of nitrogens with one attached hydrogen (secondary N) is 1. The van der Waals surface area contributed by atoms with Gasteiger partial charge in [0.1, 0.15) is 0 Å². The van der Waals surface area contributed by atoms with E-state index in [1.165, 1.54) is 11.3 Å². The Morgan fingerprint density at radius 3 is 2.67 bits per heavy atom. The maximum absolute atomic E-state index is 9.55. The number of benzene rings is 1. The highest BCUT2D eigenvalue weighted by molar-refractivity contribution is 5.49. The van der Waals surface area contributed by atoms with Crippen molar-refractivity contribution in [3.05, 3.63) is 29.8 Å². The molecule has 0 radical (unpaired) electrons. The molecule has 0 bridgehead atoms. The first-order valence-corrected chi connectivity index (χ1v) is 6.97. The lowest BCUT2D eigenvalue weighted by molar-refractivity contribution is 0.198. The number of aliphatic hydroxyl groups excluding tert-OH is 1. The van der Waals surface area contributed by atoms with Crippen LogP contribution in [0.5, 0.6) is 0 Å². The van der Waals surface area contributed by atoms with Crippen molar-refractivity contribution in [2.24, 2.45) is 0 Å². The van der Waals surface area contributed by atoms with E-state index in [1.807, 2.05) is 0 Å². The van der Waals surface area contributed by atoms with Crippen molar-refractivity contribution in [3.8, 4) is 0 Å². The van der Waals surface area contributed by atoms with Crippen LogP contribution < -0.4 is 10.2 Å². The number of hydrogen-bond acceptors (Lipinski definition) is 3. The highest BCUT2D eigenvalue weighted by Gasteiger charge is 2.20. The number of rotatable bonds is 5. The van der Waals surface area contributed by atoms with E-state index >= 15 is 0 Å². The zero-order valence-electron chi connectivity index (χ0n) is 11.4. The van der Waals surface area contributed by atoms with Crippen molar-refractivity contribution in [2.75, 3.05) is 24.5 Å². The molecule has 0 amide bonds. The van der Waals surface area contributed by atoms with Gasteiger partial charge in [-0.1, -0.05) is 19.1 Å². The van der Waals surface area contributed by atoms with Crippen LogP contribution in [0.25, 0.3) is 0 Å². The molecule has 1 saturated heterocycles. The molecule has 0 aromatic heterocycles. The molecule has 100 valence electrons. The maximum Gasteiger partial charge on any atom is 0.0731 e.